The van der Waals surface area contributed by atoms with Gasteiger partial charge in [0.1, 0.15) is 0 Å². The molecule has 6 heteroatoms. The fourth-order valence-corrected chi connectivity index (χ4v) is 3.36. The van der Waals surface area contributed by atoms with Crippen molar-refractivity contribution < 1.29 is 4.79 Å². The number of nitrogens with one attached hydrogen (secondary N) is 1. The van der Waals surface area contributed by atoms with Gasteiger partial charge in [-0.2, -0.15) is 0 Å². The highest BCUT2D eigenvalue weighted by atomic mass is 79.9. The average Bonchev–Trinajstić information content (AvgIpc) is 2.21. The van der Waals surface area contributed by atoms with Gasteiger partial charge in [0.15, 0.2) is 0 Å². The molecule has 3 nitrogen and oxygen atoms in total. The minimum atomic E-state index is -0.514. The lowest BCUT2D eigenvalue weighted by Crippen LogP contribution is -2.36. The Morgan fingerprint density at radius 1 is 1.39 bits per heavy atom. The van der Waals surface area contributed by atoms with Crippen molar-refractivity contribution in [3.63, 3.8) is 0 Å². The summed E-state index contributed by atoms with van der Waals surface area (Å²) in [5.41, 5.74) is 6.47. The van der Waals surface area contributed by atoms with E-state index in [9.17, 15) is 4.79 Å². The van der Waals surface area contributed by atoms with Crippen LogP contribution in [0.15, 0.2) is 21.1 Å². The Morgan fingerprint density at radius 2 is 1.89 bits per heavy atom. The number of carbonyl (C=O) groups is 1. The smallest absolute Gasteiger partial charge is 0.241 e. The molecular weight excluding hydrogens is 383 g/mol. The summed E-state index contributed by atoms with van der Waals surface area (Å²) in [6, 6.07) is 2.92. The molecule has 0 saturated carbocycles. The maximum atomic E-state index is 11.9. The third-order valence-corrected chi connectivity index (χ3v) is 3.79. The number of nitrogens with two attached hydrogens (primary N) is 1. The molecule has 0 spiro atoms. The van der Waals surface area contributed by atoms with Crippen LogP contribution in [0.4, 0.5) is 5.69 Å². The second kappa shape index (κ2) is 6.89. The SMILES string of the molecule is CC(C)C[C@@H](N)C(=O)Nc1c(Br)cc(Cl)cc1Br. The minimum Gasteiger partial charge on any atom is -0.323 e. The summed E-state index contributed by atoms with van der Waals surface area (Å²) < 4.78 is 1.43. The molecule has 0 heterocycles. The number of benzene rings is 1. The van der Waals surface area contributed by atoms with Gasteiger partial charge in [-0.25, -0.2) is 0 Å². The van der Waals surface area contributed by atoms with Gasteiger partial charge in [0, 0.05) is 14.0 Å². The molecule has 0 aromatic heterocycles. The summed E-state index contributed by atoms with van der Waals surface area (Å²) in [4.78, 5) is 11.9. The Bertz CT molecular complexity index is 429. The highest BCUT2D eigenvalue weighted by Crippen LogP contribution is 2.34. The summed E-state index contributed by atoms with van der Waals surface area (Å²) >= 11 is 12.6. The molecule has 1 aromatic carbocycles. The summed E-state index contributed by atoms with van der Waals surface area (Å²) in [5.74, 6) is 0.176. The number of hydrogen-bond acceptors (Lipinski definition) is 2. The predicted octanol–water partition coefficient (Wildman–Crippen LogP) is 4.18. The van der Waals surface area contributed by atoms with Crippen molar-refractivity contribution in [2.24, 2.45) is 11.7 Å². The quantitative estimate of drug-likeness (QED) is 0.800. The largest absolute Gasteiger partial charge is 0.323 e. The number of hydrogen-bond donors (Lipinski definition) is 2. The maximum absolute atomic E-state index is 11.9. The van der Waals surface area contributed by atoms with E-state index in [1.165, 1.54) is 0 Å². The zero-order valence-electron chi connectivity index (χ0n) is 10.1. The van der Waals surface area contributed by atoms with Gasteiger partial charge in [-0.3, -0.25) is 4.79 Å². The lowest BCUT2D eigenvalue weighted by atomic mass is 10.0. The molecule has 1 atom stereocenters. The van der Waals surface area contributed by atoms with Crippen molar-refractivity contribution in [2.45, 2.75) is 26.3 Å². The van der Waals surface area contributed by atoms with Gasteiger partial charge in [-0.1, -0.05) is 25.4 Å². The Kier molecular flexibility index (Phi) is 6.11. The van der Waals surface area contributed by atoms with Crippen LogP contribution in [-0.4, -0.2) is 11.9 Å². The van der Waals surface area contributed by atoms with Gasteiger partial charge in [0.2, 0.25) is 5.91 Å². The third kappa shape index (κ3) is 4.53. The molecule has 18 heavy (non-hydrogen) atoms. The number of rotatable bonds is 4. The van der Waals surface area contributed by atoms with Crippen molar-refractivity contribution >= 4 is 55.1 Å². The van der Waals surface area contributed by atoms with Crippen LogP contribution in [0.25, 0.3) is 0 Å². The first-order valence-corrected chi connectivity index (χ1v) is 7.48. The van der Waals surface area contributed by atoms with Crippen LogP contribution in [0.5, 0.6) is 0 Å². The van der Waals surface area contributed by atoms with Crippen molar-refractivity contribution in [1.82, 2.24) is 0 Å². The number of anilines is 1. The highest BCUT2D eigenvalue weighted by molar-refractivity contribution is 9.11. The molecule has 0 aliphatic rings. The van der Waals surface area contributed by atoms with Gasteiger partial charge in [0.05, 0.1) is 11.7 Å². The fourth-order valence-electron chi connectivity index (χ4n) is 1.49. The molecule has 0 bridgehead atoms. The third-order valence-electron chi connectivity index (χ3n) is 2.32. The van der Waals surface area contributed by atoms with E-state index >= 15 is 0 Å². The van der Waals surface area contributed by atoms with Gasteiger partial charge in [0.25, 0.3) is 0 Å². The van der Waals surface area contributed by atoms with Crippen molar-refractivity contribution in [3.05, 3.63) is 26.1 Å². The van der Waals surface area contributed by atoms with Crippen LogP contribution >= 0.6 is 43.5 Å². The van der Waals surface area contributed by atoms with Crippen molar-refractivity contribution in [1.29, 1.82) is 0 Å². The number of amides is 1. The zero-order valence-corrected chi connectivity index (χ0v) is 14.1. The first-order valence-electron chi connectivity index (χ1n) is 5.52. The summed E-state index contributed by atoms with van der Waals surface area (Å²) in [7, 11) is 0. The normalized spacial score (nSPS) is 12.6. The van der Waals surface area contributed by atoms with Crippen LogP contribution in [0.2, 0.25) is 5.02 Å². The van der Waals surface area contributed by atoms with Crippen LogP contribution in [0.1, 0.15) is 20.3 Å². The van der Waals surface area contributed by atoms with Crippen molar-refractivity contribution in [2.75, 3.05) is 5.32 Å². The Morgan fingerprint density at radius 3 is 2.33 bits per heavy atom. The standard InChI is InChI=1S/C12H15Br2ClN2O/c1-6(2)3-10(16)12(18)17-11-8(13)4-7(15)5-9(11)14/h4-6,10H,3,16H2,1-2H3,(H,17,18)/t10-/m1/s1. The minimum absolute atomic E-state index is 0.201. The molecule has 0 saturated heterocycles. The Labute approximate surface area is 129 Å². The van der Waals surface area contributed by atoms with E-state index in [1.807, 2.05) is 13.8 Å². The van der Waals surface area contributed by atoms with Crippen LogP contribution in [0, 0.1) is 5.92 Å². The second-order valence-corrected chi connectivity index (χ2v) is 6.61. The first kappa shape index (κ1) is 16.0. The van der Waals surface area contributed by atoms with Gasteiger partial charge >= 0.3 is 0 Å². The van der Waals surface area contributed by atoms with Crippen LogP contribution in [0.3, 0.4) is 0 Å². The molecule has 0 unspecified atom stereocenters. The lowest BCUT2D eigenvalue weighted by Gasteiger charge is -2.16. The molecule has 1 amide bonds. The maximum Gasteiger partial charge on any atom is 0.241 e. The molecular formula is C12H15Br2ClN2O. The first-order chi connectivity index (χ1) is 8.31. The van der Waals surface area contributed by atoms with E-state index in [1.54, 1.807) is 12.1 Å². The van der Waals surface area contributed by atoms with E-state index in [-0.39, 0.29) is 5.91 Å². The van der Waals surface area contributed by atoms with Gasteiger partial charge in [-0.15, -0.1) is 0 Å². The van der Waals surface area contributed by atoms with Crippen LogP contribution in [-0.2, 0) is 4.79 Å². The Hall–Kier alpha value is -0.100. The molecule has 0 fully saturated rings. The molecule has 0 radical (unpaired) electrons. The fraction of sp³-hybridized carbons (Fsp3) is 0.417. The predicted molar refractivity (Wildman–Crippen MR) is 82.9 cm³/mol. The average molecular weight is 399 g/mol. The van der Waals surface area contributed by atoms with E-state index in [4.69, 9.17) is 17.3 Å². The monoisotopic (exact) mass is 396 g/mol. The number of carbonyl (C=O) groups excluding carboxylic acids is 1. The molecule has 3 N–H and O–H groups in total. The van der Waals surface area contributed by atoms with Crippen molar-refractivity contribution in [3.8, 4) is 0 Å². The topological polar surface area (TPSA) is 55.1 Å². The molecule has 100 valence electrons. The summed E-state index contributed by atoms with van der Waals surface area (Å²) in [5, 5.41) is 3.38. The molecule has 0 aliphatic carbocycles. The number of halogens is 3. The van der Waals surface area contributed by atoms with E-state index in [2.05, 4.69) is 37.2 Å². The van der Waals surface area contributed by atoms with E-state index in [0.717, 1.165) is 0 Å². The molecule has 1 aromatic rings. The highest BCUT2D eigenvalue weighted by Gasteiger charge is 2.17. The van der Waals surface area contributed by atoms with E-state index in [0.29, 0.717) is 32.0 Å². The lowest BCUT2D eigenvalue weighted by molar-refractivity contribution is -0.117. The Balaban J connectivity index is 2.82. The van der Waals surface area contributed by atoms with Gasteiger partial charge < -0.3 is 11.1 Å². The molecule has 1 rings (SSSR count). The summed E-state index contributed by atoms with van der Waals surface area (Å²) in [6.07, 6.45) is 0.647. The zero-order chi connectivity index (χ0) is 13.9. The van der Waals surface area contributed by atoms with Gasteiger partial charge in [-0.05, 0) is 56.3 Å². The second-order valence-electron chi connectivity index (χ2n) is 4.47. The van der Waals surface area contributed by atoms with Crippen LogP contribution < -0.4 is 11.1 Å². The molecule has 0 aliphatic heterocycles. The summed E-state index contributed by atoms with van der Waals surface area (Å²) in [6.45, 7) is 4.06. The van der Waals surface area contributed by atoms with E-state index < -0.39 is 6.04 Å².